The molecule has 4 aromatic rings. The number of pyridine rings is 1. The lowest BCUT2D eigenvalue weighted by molar-refractivity contribution is -0.152. The summed E-state index contributed by atoms with van der Waals surface area (Å²) < 4.78 is 22.7. The van der Waals surface area contributed by atoms with Crippen LogP contribution < -0.4 is 9.80 Å². The zero-order chi connectivity index (χ0) is 30.2. The van der Waals surface area contributed by atoms with Crippen molar-refractivity contribution < 1.29 is 13.9 Å². The molecule has 44 heavy (non-hydrogen) atoms. The van der Waals surface area contributed by atoms with E-state index in [1.807, 2.05) is 54.1 Å². The van der Waals surface area contributed by atoms with Gasteiger partial charge in [-0.25, -0.2) is 13.9 Å². The molecule has 8 rings (SSSR count). The quantitative estimate of drug-likeness (QED) is 0.285. The average Bonchev–Trinajstić information content (AvgIpc) is 3.64. The number of rotatable bonds is 6. The van der Waals surface area contributed by atoms with Gasteiger partial charge in [0.05, 0.1) is 28.8 Å². The topological polar surface area (TPSA) is 90.0 Å². The van der Waals surface area contributed by atoms with Crippen LogP contribution in [0.5, 0.6) is 0 Å². The first-order chi connectivity index (χ1) is 21.3. The molecule has 3 saturated heterocycles. The van der Waals surface area contributed by atoms with Crippen LogP contribution in [0.15, 0.2) is 36.5 Å². The molecule has 1 amide bonds. The minimum atomic E-state index is -0.302. The predicted octanol–water partition coefficient (Wildman–Crippen LogP) is 5.50. The first-order valence-corrected chi connectivity index (χ1v) is 16.2. The molecule has 0 atom stereocenters. The van der Waals surface area contributed by atoms with Gasteiger partial charge in [0.1, 0.15) is 16.6 Å². The highest BCUT2D eigenvalue weighted by molar-refractivity contribution is 7.16. The SMILES string of the molecule is Cc1ccc(-c2nc(N(C)c3c(C4CC4)nn4cc(F)c(N5CC6(CN(C(=O)C7CCOCC7)C6)C5)cc34)sc2C#N)cc1. The molecule has 226 valence electrons. The van der Waals surface area contributed by atoms with E-state index in [0.29, 0.717) is 40.5 Å². The summed E-state index contributed by atoms with van der Waals surface area (Å²) in [5.74, 6) is 0.345. The van der Waals surface area contributed by atoms with Gasteiger partial charge in [-0.15, -0.1) is 0 Å². The largest absolute Gasteiger partial charge is 0.381 e. The highest BCUT2D eigenvalue weighted by Crippen LogP contribution is 2.49. The van der Waals surface area contributed by atoms with Crippen LogP contribution in [0.4, 0.5) is 20.9 Å². The fourth-order valence-electron chi connectivity index (χ4n) is 7.07. The maximum atomic E-state index is 15.6. The number of amides is 1. The highest BCUT2D eigenvalue weighted by Gasteiger charge is 2.54. The Morgan fingerprint density at radius 2 is 1.86 bits per heavy atom. The van der Waals surface area contributed by atoms with Crippen LogP contribution in [0.25, 0.3) is 16.8 Å². The summed E-state index contributed by atoms with van der Waals surface area (Å²) in [4.78, 5) is 24.5. The van der Waals surface area contributed by atoms with Gasteiger partial charge < -0.3 is 19.4 Å². The van der Waals surface area contributed by atoms with E-state index in [1.54, 1.807) is 4.52 Å². The third-order valence-electron chi connectivity index (χ3n) is 9.66. The summed E-state index contributed by atoms with van der Waals surface area (Å²) in [6, 6.07) is 12.3. The number of nitrogens with zero attached hydrogens (tertiary/aromatic N) is 7. The Hall–Kier alpha value is -4.01. The van der Waals surface area contributed by atoms with Crippen LogP contribution in [0, 0.1) is 35.4 Å². The normalized spacial score (nSPS) is 19.6. The van der Waals surface area contributed by atoms with Crippen molar-refractivity contribution in [3.63, 3.8) is 0 Å². The number of benzene rings is 1. The highest BCUT2D eigenvalue weighted by atomic mass is 32.1. The molecule has 9 nitrogen and oxygen atoms in total. The van der Waals surface area contributed by atoms with Gasteiger partial charge in [0.15, 0.2) is 10.9 Å². The molecule has 0 bridgehead atoms. The number of ether oxygens (including phenoxy) is 1. The lowest BCUT2D eigenvalue weighted by atomic mass is 9.72. The monoisotopic (exact) mass is 611 g/mol. The van der Waals surface area contributed by atoms with E-state index in [9.17, 15) is 10.1 Å². The van der Waals surface area contributed by atoms with Crippen molar-refractivity contribution in [2.45, 2.75) is 38.5 Å². The Balaban J connectivity index is 1.07. The molecule has 4 fully saturated rings. The molecule has 1 spiro atoms. The van der Waals surface area contributed by atoms with Gasteiger partial charge >= 0.3 is 0 Å². The summed E-state index contributed by atoms with van der Waals surface area (Å²) in [5, 5.41) is 15.5. The van der Waals surface area contributed by atoms with E-state index in [1.165, 1.54) is 17.5 Å². The summed E-state index contributed by atoms with van der Waals surface area (Å²) in [6.45, 7) is 6.29. The lowest BCUT2D eigenvalue weighted by Crippen LogP contribution is -2.73. The van der Waals surface area contributed by atoms with E-state index in [2.05, 4.69) is 11.0 Å². The van der Waals surface area contributed by atoms with Gasteiger partial charge in [-0.2, -0.15) is 10.4 Å². The van der Waals surface area contributed by atoms with Crippen LogP contribution in [0.2, 0.25) is 0 Å². The number of halogens is 1. The lowest BCUT2D eigenvalue weighted by Gasteiger charge is -2.61. The maximum absolute atomic E-state index is 15.6. The number of likely N-dealkylation sites (tertiary alicyclic amines) is 1. The Morgan fingerprint density at radius 1 is 1.14 bits per heavy atom. The zero-order valence-electron chi connectivity index (χ0n) is 24.9. The molecule has 3 aliphatic heterocycles. The molecule has 6 heterocycles. The van der Waals surface area contributed by atoms with Crippen molar-refractivity contribution in [1.82, 2.24) is 19.5 Å². The second-order valence-corrected chi connectivity index (χ2v) is 14.0. The molecule has 0 unspecified atom stereocenters. The molecule has 3 aromatic heterocycles. The summed E-state index contributed by atoms with van der Waals surface area (Å²) in [6.07, 6.45) is 5.19. The number of carbonyl (C=O) groups is 1. The molecule has 1 aromatic carbocycles. The molecule has 0 radical (unpaired) electrons. The van der Waals surface area contributed by atoms with Crippen LogP contribution in [0.3, 0.4) is 0 Å². The van der Waals surface area contributed by atoms with Gasteiger partial charge in [-0.3, -0.25) is 4.79 Å². The van der Waals surface area contributed by atoms with E-state index in [4.69, 9.17) is 14.8 Å². The number of anilines is 3. The second kappa shape index (κ2) is 10.3. The molecule has 1 aliphatic carbocycles. The third kappa shape index (κ3) is 4.54. The second-order valence-electron chi connectivity index (χ2n) is 13.0. The van der Waals surface area contributed by atoms with E-state index >= 15 is 4.39 Å². The van der Waals surface area contributed by atoms with Crippen molar-refractivity contribution in [3.8, 4) is 17.3 Å². The first-order valence-electron chi connectivity index (χ1n) is 15.4. The van der Waals surface area contributed by atoms with Crippen molar-refractivity contribution in [2.75, 3.05) is 56.2 Å². The predicted molar refractivity (Wildman–Crippen MR) is 167 cm³/mol. The maximum Gasteiger partial charge on any atom is 0.225 e. The Bertz CT molecular complexity index is 1800. The van der Waals surface area contributed by atoms with E-state index in [0.717, 1.165) is 79.9 Å². The van der Waals surface area contributed by atoms with E-state index < -0.39 is 0 Å². The Kier molecular flexibility index (Phi) is 6.43. The van der Waals surface area contributed by atoms with Crippen molar-refractivity contribution >= 4 is 39.3 Å². The van der Waals surface area contributed by atoms with Gasteiger partial charge in [0.25, 0.3) is 0 Å². The number of nitriles is 1. The fraction of sp³-hybridized carbons (Fsp3) is 0.455. The van der Waals surface area contributed by atoms with Gasteiger partial charge in [-0.1, -0.05) is 41.2 Å². The molecule has 0 N–H and O–H groups in total. The van der Waals surface area contributed by atoms with Crippen LogP contribution in [-0.2, 0) is 9.53 Å². The minimum Gasteiger partial charge on any atom is -0.381 e. The first kappa shape index (κ1) is 27.5. The number of hydrogen-bond acceptors (Lipinski definition) is 8. The standard InChI is InChI=1S/C33H34FN7O2S/c1-20-3-5-21(6-4-20)28-27(14-35)44-32(36-28)38(2)30-26-13-25(24(34)15-41(26)37-29(30)22-7-8-22)39-16-33(17-39)18-40(19-33)31(42)23-9-11-43-12-10-23/h3-6,13,15,22-23H,7-12,16-19H2,1-2H3. The third-order valence-corrected chi connectivity index (χ3v) is 10.7. The van der Waals surface area contributed by atoms with E-state index in [-0.39, 0.29) is 23.1 Å². The Labute approximate surface area is 259 Å². The molecule has 4 aliphatic rings. The number of thiazole rings is 1. The molecule has 1 saturated carbocycles. The van der Waals surface area contributed by atoms with Crippen LogP contribution in [-0.4, -0.2) is 71.8 Å². The van der Waals surface area contributed by atoms with Crippen molar-refractivity contribution in [2.24, 2.45) is 11.3 Å². The summed E-state index contributed by atoms with van der Waals surface area (Å²) in [5.41, 5.74) is 6.00. The van der Waals surface area contributed by atoms with Crippen LogP contribution in [0.1, 0.15) is 47.7 Å². The van der Waals surface area contributed by atoms with Crippen LogP contribution >= 0.6 is 11.3 Å². The number of hydrogen-bond donors (Lipinski definition) is 0. The number of aryl methyl sites for hydroxylation is 1. The number of carbonyl (C=O) groups excluding carboxylic acids is 1. The van der Waals surface area contributed by atoms with Gasteiger partial charge in [0.2, 0.25) is 5.91 Å². The zero-order valence-corrected chi connectivity index (χ0v) is 25.7. The molecular weight excluding hydrogens is 577 g/mol. The average molecular weight is 612 g/mol. The smallest absolute Gasteiger partial charge is 0.225 e. The minimum absolute atomic E-state index is 0.0411. The Morgan fingerprint density at radius 3 is 2.55 bits per heavy atom. The van der Waals surface area contributed by atoms with Crippen molar-refractivity contribution in [1.29, 1.82) is 5.26 Å². The number of aromatic nitrogens is 3. The van der Waals surface area contributed by atoms with Gasteiger partial charge in [-0.05, 0) is 38.7 Å². The summed E-state index contributed by atoms with van der Waals surface area (Å²) in [7, 11) is 1.96. The molecule has 11 heteroatoms. The molecular formula is C33H34FN7O2S. The van der Waals surface area contributed by atoms with Gasteiger partial charge in [0, 0.05) is 69.3 Å². The number of fused-ring (bicyclic) bond motifs is 1. The fourth-order valence-corrected chi connectivity index (χ4v) is 7.92. The van der Waals surface area contributed by atoms with Crippen molar-refractivity contribution in [3.05, 3.63) is 58.5 Å². The summed E-state index contributed by atoms with van der Waals surface area (Å²) >= 11 is 1.36.